The minimum atomic E-state index is -0.108. The maximum Gasteiger partial charge on any atom is 0.255 e. The van der Waals surface area contributed by atoms with Crippen LogP contribution in [0.1, 0.15) is 29.6 Å². The molecule has 106 valence electrons. The highest BCUT2D eigenvalue weighted by molar-refractivity contribution is 5.94. The summed E-state index contributed by atoms with van der Waals surface area (Å²) >= 11 is 0. The molecule has 2 aliphatic heterocycles. The Kier molecular flexibility index (Phi) is 3.30. The zero-order valence-corrected chi connectivity index (χ0v) is 11.1. The van der Waals surface area contributed by atoms with E-state index >= 15 is 0 Å². The fourth-order valence-corrected chi connectivity index (χ4v) is 3.02. The third-order valence-corrected chi connectivity index (χ3v) is 4.08. The standard InChI is InChI=1S/C14H17N3O3/c18-11-5-10(6-15-7-11)14(20)17-4-3-12-9(8-17)1-2-13(19)16-12/h5-7,9,12,18H,1-4,8H2,(H,16,19). The zero-order chi connectivity index (χ0) is 14.1. The molecule has 3 heterocycles. The Morgan fingerprint density at radius 1 is 1.40 bits per heavy atom. The number of amides is 2. The van der Waals surface area contributed by atoms with Gasteiger partial charge in [-0.1, -0.05) is 0 Å². The third-order valence-electron chi connectivity index (χ3n) is 4.08. The molecule has 1 aromatic rings. The topological polar surface area (TPSA) is 82.5 Å². The van der Waals surface area contributed by atoms with Gasteiger partial charge >= 0.3 is 0 Å². The summed E-state index contributed by atoms with van der Waals surface area (Å²) < 4.78 is 0. The number of hydrogen-bond acceptors (Lipinski definition) is 4. The lowest BCUT2D eigenvalue weighted by Gasteiger charge is -2.41. The average molecular weight is 275 g/mol. The number of carbonyl (C=O) groups is 2. The molecule has 2 atom stereocenters. The third kappa shape index (κ3) is 2.45. The molecule has 6 heteroatoms. The molecule has 1 aromatic heterocycles. The highest BCUT2D eigenvalue weighted by Crippen LogP contribution is 2.26. The molecule has 20 heavy (non-hydrogen) atoms. The predicted molar refractivity (Wildman–Crippen MR) is 71.1 cm³/mol. The average Bonchev–Trinajstić information content (AvgIpc) is 2.46. The summed E-state index contributed by atoms with van der Waals surface area (Å²) in [7, 11) is 0. The second kappa shape index (κ2) is 5.11. The van der Waals surface area contributed by atoms with Gasteiger partial charge in [0, 0.05) is 31.7 Å². The van der Waals surface area contributed by atoms with Gasteiger partial charge < -0.3 is 15.3 Å². The van der Waals surface area contributed by atoms with Crippen LogP contribution >= 0.6 is 0 Å². The number of nitrogens with zero attached hydrogens (tertiary/aromatic N) is 2. The van der Waals surface area contributed by atoms with Crippen molar-refractivity contribution in [1.82, 2.24) is 15.2 Å². The van der Waals surface area contributed by atoms with E-state index in [4.69, 9.17) is 0 Å². The molecule has 0 spiro atoms. The zero-order valence-electron chi connectivity index (χ0n) is 11.1. The fraction of sp³-hybridized carbons (Fsp3) is 0.500. The Hall–Kier alpha value is -2.11. The van der Waals surface area contributed by atoms with Gasteiger partial charge in [-0.25, -0.2) is 0 Å². The van der Waals surface area contributed by atoms with Gasteiger partial charge in [0.1, 0.15) is 5.75 Å². The second-order valence-corrected chi connectivity index (χ2v) is 5.44. The number of pyridine rings is 1. The van der Waals surface area contributed by atoms with Crippen LogP contribution in [0.3, 0.4) is 0 Å². The van der Waals surface area contributed by atoms with Crippen LogP contribution < -0.4 is 5.32 Å². The molecule has 2 aliphatic rings. The van der Waals surface area contributed by atoms with Crippen molar-refractivity contribution in [2.24, 2.45) is 5.92 Å². The minimum absolute atomic E-state index is 0.00401. The molecule has 2 N–H and O–H groups in total. The number of piperidine rings is 2. The van der Waals surface area contributed by atoms with Gasteiger partial charge in [0.15, 0.2) is 0 Å². The lowest BCUT2D eigenvalue weighted by Crippen LogP contribution is -2.55. The first-order valence-corrected chi connectivity index (χ1v) is 6.86. The summed E-state index contributed by atoms with van der Waals surface area (Å²) in [5, 5.41) is 12.4. The SMILES string of the molecule is O=C1CCC2CN(C(=O)c3cncc(O)c3)CCC2N1. The van der Waals surface area contributed by atoms with Crippen LogP contribution in [-0.4, -0.2) is 45.9 Å². The van der Waals surface area contributed by atoms with E-state index < -0.39 is 0 Å². The summed E-state index contributed by atoms with van der Waals surface area (Å²) in [6, 6.07) is 1.63. The Labute approximate surface area is 116 Å². The van der Waals surface area contributed by atoms with Crippen molar-refractivity contribution in [2.45, 2.75) is 25.3 Å². The van der Waals surface area contributed by atoms with Gasteiger partial charge in [-0.2, -0.15) is 0 Å². The molecule has 0 saturated carbocycles. The number of fused-ring (bicyclic) bond motifs is 1. The highest BCUT2D eigenvalue weighted by Gasteiger charge is 2.35. The van der Waals surface area contributed by atoms with Crippen molar-refractivity contribution in [3.8, 4) is 5.75 Å². The van der Waals surface area contributed by atoms with Crippen LogP contribution in [0, 0.1) is 5.92 Å². The predicted octanol–water partition coefficient (Wildman–Crippen LogP) is 0.528. The Morgan fingerprint density at radius 2 is 2.25 bits per heavy atom. The Morgan fingerprint density at radius 3 is 3.05 bits per heavy atom. The molecule has 2 amide bonds. The largest absolute Gasteiger partial charge is 0.506 e. The van der Waals surface area contributed by atoms with E-state index in [1.807, 2.05) is 0 Å². The van der Waals surface area contributed by atoms with E-state index in [1.54, 1.807) is 4.90 Å². The van der Waals surface area contributed by atoms with Gasteiger partial charge in [-0.05, 0) is 24.8 Å². The number of aromatic nitrogens is 1. The molecule has 2 unspecified atom stereocenters. The Bertz CT molecular complexity index is 546. The van der Waals surface area contributed by atoms with Crippen LogP contribution in [0.25, 0.3) is 0 Å². The van der Waals surface area contributed by atoms with E-state index in [0.29, 0.717) is 31.0 Å². The monoisotopic (exact) mass is 275 g/mol. The smallest absolute Gasteiger partial charge is 0.255 e. The van der Waals surface area contributed by atoms with Crippen molar-refractivity contribution in [3.05, 3.63) is 24.0 Å². The van der Waals surface area contributed by atoms with E-state index in [1.165, 1.54) is 18.5 Å². The maximum atomic E-state index is 12.4. The summed E-state index contributed by atoms with van der Waals surface area (Å²) in [6.07, 6.45) is 4.93. The summed E-state index contributed by atoms with van der Waals surface area (Å²) in [5.41, 5.74) is 0.406. The molecule has 0 aromatic carbocycles. The quantitative estimate of drug-likeness (QED) is 0.783. The van der Waals surface area contributed by atoms with Crippen molar-refractivity contribution < 1.29 is 14.7 Å². The summed E-state index contributed by atoms with van der Waals surface area (Å²) in [5.74, 6) is 0.332. The van der Waals surface area contributed by atoms with E-state index in [9.17, 15) is 14.7 Å². The maximum absolute atomic E-state index is 12.4. The fourth-order valence-electron chi connectivity index (χ4n) is 3.02. The van der Waals surface area contributed by atoms with Crippen LogP contribution in [0.5, 0.6) is 5.75 Å². The van der Waals surface area contributed by atoms with Crippen LogP contribution in [-0.2, 0) is 4.79 Å². The summed E-state index contributed by atoms with van der Waals surface area (Å²) in [6.45, 7) is 1.27. The first kappa shape index (κ1) is 12.9. The van der Waals surface area contributed by atoms with Gasteiger partial charge in [-0.15, -0.1) is 0 Å². The van der Waals surface area contributed by atoms with Crippen molar-refractivity contribution in [1.29, 1.82) is 0 Å². The first-order valence-electron chi connectivity index (χ1n) is 6.86. The van der Waals surface area contributed by atoms with Crippen molar-refractivity contribution in [3.63, 3.8) is 0 Å². The van der Waals surface area contributed by atoms with Gasteiger partial charge in [0.25, 0.3) is 5.91 Å². The molecular weight excluding hydrogens is 258 g/mol. The van der Waals surface area contributed by atoms with E-state index in [0.717, 1.165) is 12.8 Å². The first-order chi connectivity index (χ1) is 9.63. The minimum Gasteiger partial charge on any atom is -0.506 e. The highest BCUT2D eigenvalue weighted by atomic mass is 16.3. The number of carbonyl (C=O) groups excluding carboxylic acids is 2. The number of hydrogen-bond donors (Lipinski definition) is 2. The lowest BCUT2D eigenvalue weighted by atomic mass is 9.85. The van der Waals surface area contributed by atoms with Crippen molar-refractivity contribution >= 4 is 11.8 Å². The number of rotatable bonds is 1. The van der Waals surface area contributed by atoms with Crippen molar-refractivity contribution in [2.75, 3.05) is 13.1 Å². The molecule has 0 aliphatic carbocycles. The van der Waals surface area contributed by atoms with Gasteiger partial charge in [-0.3, -0.25) is 14.6 Å². The van der Waals surface area contributed by atoms with Crippen LogP contribution in [0.15, 0.2) is 18.5 Å². The van der Waals surface area contributed by atoms with Gasteiger partial charge in [0.05, 0.1) is 11.8 Å². The number of likely N-dealkylation sites (tertiary alicyclic amines) is 1. The molecule has 0 bridgehead atoms. The number of aromatic hydroxyl groups is 1. The molecule has 2 saturated heterocycles. The van der Waals surface area contributed by atoms with Crippen LogP contribution in [0.4, 0.5) is 0 Å². The lowest BCUT2D eigenvalue weighted by molar-refractivity contribution is -0.125. The molecule has 0 radical (unpaired) electrons. The van der Waals surface area contributed by atoms with E-state index in [2.05, 4.69) is 10.3 Å². The molecule has 3 rings (SSSR count). The molecule has 6 nitrogen and oxygen atoms in total. The summed E-state index contributed by atoms with van der Waals surface area (Å²) in [4.78, 5) is 29.4. The molecule has 2 fully saturated rings. The van der Waals surface area contributed by atoms with E-state index in [-0.39, 0.29) is 23.6 Å². The second-order valence-electron chi connectivity index (χ2n) is 5.44. The van der Waals surface area contributed by atoms with Gasteiger partial charge in [0.2, 0.25) is 5.91 Å². The number of nitrogens with one attached hydrogen (secondary N) is 1. The van der Waals surface area contributed by atoms with Crippen LogP contribution in [0.2, 0.25) is 0 Å². The molecular formula is C14H17N3O3. The Balaban J connectivity index is 1.70. The normalized spacial score (nSPS) is 25.8.